The molecule has 2 atom stereocenters. The Bertz CT molecular complexity index is 860. The van der Waals surface area contributed by atoms with Gasteiger partial charge in [-0.05, 0) is 26.3 Å². The molecule has 0 bridgehead atoms. The van der Waals surface area contributed by atoms with E-state index in [0.29, 0.717) is 17.0 Å². The Morgan fingerprint density at radius 3 is 2.55 bits per heavy atom. The third-order valence-corrected chi connectivity index (χ3v) is 4.55. The number of carbonyl (C=O) groups is 2. The largest absolute Gasteiger partial charge is 0.465 e. The topological polar surface area (TPSA) is 117 Å². The fourth-order valence-corrected chi connectivity index (χ4v) is 3.33. The number of hydrogen-bond donors (Lipinski definition) is 0. The zero-order valence-electron chi connectivity index (χ0n) is 16.8. The summed E-state index contributed by atoms with van der Waals surface area (Å²) in [4.78, 5) is 40.6. The van der Waals surface area contributed by atoms with E-state index in [1.54, 1.807) is 26.8 Å². The van der Waals surface area contributed by atoms with Gasteiger partial charge in [-0.3, -0.25) is 19.9 Å². The van der Waals surface area contributed by atoms with Crippen LogP contribution in [0.1, 0.15) is 32.3 Å². The van der Waals surface area contributed by atoms with Gasteiger partial charge in [0.1, 0.15) is 12.5 Å². The molecule has 1 heterocycles. The molecule has 29 heavy (non-hydrogen) atoms. The van der Waals surface area contributed by atoms with Crippen molar-refractivity contribution < 1.29 is 28.7 Å². The Hall–Kier alpha value is -3.07. The van der Waals surface area contributed by atoms with Crippen molar-refractivity contribution in [3.05, 3.63) is 51.2 Å². The van der Waals surface area contributed by atoms with Gasteiger partial charge in [0.05, 0.1) is 23.7 Å². The third-order valence-electron chi connectivity index (χ3n) is 4.55. The summed E-state index contributed by atoms with van der Waals surface area (Å²) in [5.74, 6) is -2.92. The minimum Gasteiger partial charge on any atom is -0.465 e. The van der Waals surface area contributed by atoms with Crippen molar-refractivity contribution in [1.29, 1.82) is 0 Å². The first-order valence-electron chi connectivity index (χ1n) is 9.14. The maximum atomic E-state index is 12.8. The maximum absolute atomic E-state index is 12.8. The summed E-state index contributed by atoms with van der Waals surface area (Å²) in [5.41, 5.74) is 1.32. The molecule has 1 aromatic rings. The summed E-state index contributed by atoms with van der Waals surface area (Å²) in [6, 6.07) is 5.85. The highest BCUT2D eigenvalue weighted by Crippen LogP contribution is 2.40. The molecule has 0 saturated heterocycles. The van der Waals surface area contributed by atoms with E-state index in [4.69, 9.17) is 14.2 Å². The standard InChI is InChI=1S/C20H24N2O7/c1-5-28-19(23)16-12(2)21-13(3)17(20(24)29-10-9-27-4)18(16)14-7-6-8-15(11-14)22(25)26/h6-8,11,16,18H,5,9-10H2,1-4H3. The number of nitro groups is 1. The molecule has 0 aromatic heterocycles. The van der Waals surface area contributed by atoms with Crippen LogP contribution in [0.25, 0.3) is 0 Å². The average Bonchev–Trinajstić information content (AvgIpc) is 2.67. The van der Waals surface area contributed by atoms with Crippen LogP contribution in [0.2, 0.25) is 0 Å². The first-order valence-corrected chi connectivity index (χ1v) is 9.14. The van der Waals surface area contributed by atoms with E-state index in [1.165, 1.54) is 25.3 Å². The molecule has 0 amide bonds. The maximum Gasteiger partial charge on any atom is 0.336 e. The van der Waals surface area contributed by atoms with E-state index in [1.807, 2.05) is 0 Å². The molecular weight excluding hydrogens is 380 g/mol. The predicted octanol–water partition coefficient (Wildman–Crippen LogP) is 2.80. The normalized spacial score (nSPS) is 18.8. The van der Waals surface area contributed by atoms with E-state index >= 15 is 0 Å². The number of benzene rings is 1. The molecule has 0 saturated carbocycles. The zero-order valence-corrected chi connectivity index (χ0v) is 16.8. The van der Waals surface area contributed by atoms with E-state index in [0.717, 1.165) is 0 Å². The van der Waals surface area contributed by atoms with Crippen LogP contribution in [0.5, 0.6) is 0 Å². The quantitative estimate of drug-likeness (QED) is 0.283. The van der Waals surface area contributed by atoms with Crippen LogP contribution < -0.4 is 0 Å². The summed E-state index contributed by atoms with van der Waals surface area (Å²) in [6.45, 7) is 5.38. The lowest BCUT2D eigenvalue weighted by Gasteiger charge is -2.31. The lowest BCUT2D eigenvalue weighted by molar-refractivity contribution is -0.384. The predicted molar refractivity (Wildman–Crippen MR) is 105 cm³/mol. The molecule has 2 unspecified atom stereocenters. The number of non-ortho nitro benzene ring substituents is 1. The van der Waals surface area contributed by atoms with Crippen molar-refractivity contribution in [3.63, 3.8) is 0 Å². The number of allylic oxidation sites excluding steroid dienone is 1. The fourth-order valence-electron chi connectivity index (χ4n) is 3.33. The highest BCUT2D eigenvalue weighted by atomic mass is 16.6. The van der Waals surface area contributed by atoms with Gasteiger partial charge in [-0.15, -0.1) is 0 Å². The number of carbonyl (C=O) groups excluding carboxylic acids is 2. The molecule has 1 aliphatic rings. The van der Waals surface area contributed by atoms with E-state index in [-0.39, 0.29) is 31.1 Å². The van der Waals surface area contributed by atoms with E-state index in [2.05, 4.69) is 4.99 Å². The summed E-state index contributed by atoms with van der Waals surface area (Å²) >= 11 is 0. The number of hydrogen-bond acceptors (Lipinski definition) is 8. The van der Waals surface area contributed by atoms with Crippen LogP contribution in [0.3, 0.4) is 0 Å². The van der Waals surface area contributed by atoms with Crippen LogP contribution >= 0.6 is 0 Å². The Morgan fingerprint density at radius 1 is 1.21 bits per heavy atom. The smallest absolute Gasteiger partial charge is 0.336 e. The molecular formula is C20H24N2O7. The number of nitrogens with zero attached hydrogens (tertiary/aromatic N) is 2. The highest BCUT2D eigenvalue weighted by Gasteiger charge is 2.42. The molecule has 0 fully saturated rings. The molecule has 0 radical (unpaired) electrons. The third kappa shape index (κ3) is 5.05. The van der Waals surface area contributed by atoms with Gasteiger partial charge in [0.25, 0.3) is 5.69 Å². The lowest BCUT2D eigenvalue weighted by atomic mass is 9.75. The van der Waals surface area contributed by atoms with Gasteiger partial charge >= 0.3 is 11.9 Å². The van der Waals surface area contributed by atoms with Crippen molar-refractivity contribution in [3.8, 4) is 0 Å². The Morgan fingerprint density at radius 2 is 1.93 bits per heavy atom. The molecule has 0 spiro atoms. The first kappa shape index (κ1) is 22.2. The molecule has 156 valence electrons. The second-order valence-electron chi connectivity index (χ2n) is 6.44. The number of rotatable bonds is 8. The molecule has 0 N–H and O–H groups in total. The van der Waals surface area contributed by atoms with Crippen LogP contribution in [0.15, 0.2) is 40.5 Å². The number of methoxy groups -OCH3 is 1. The molecule has 0 aliphatic carbocycles. The van der Waals surface area contributed by atoms with Gasteiger partial charge in [-0.25, -0.2) is 4.79 Å². The van der Waals surface area contributed by atoms with Crippen molar-refractivity contribution in [2.75, 3.05) is 26.9 Å². The number of nitro benzene ring substituents is 1. The minimum atomic E-state index is -0.898. The summed E-state index contributed by atoms with van der Waals surface area (Å²) in [5, 5.41) is 11.2. The second kappa shape index (κ2) is 9.92. The summed E-state index contributed by atoms with van der Waals surface area (Å²) < 4.78 is 15.4. The van der Waals surface area contributed by atoms with E-state index in [9.17, 15) is 19.7 Å². The average molecular weight is 404 g/mol. The highest BCUT2D eigenvalue weighted by molar-refractivity contribution is 6.07. The Labute approximate surface area is 168 Å². The van der Waals surface area contributed by atoms with Crippen LogP contribution in [-0.2, 0) is 23.8 Å². The molecule has 1 aromatic carbocycles. The van der Waals surface area contributed by atoms with Gasteiger partial charge in [0.2, 0.25) is 0 Å². The molecule has 9 nitrogen and oxygen atoms in total. The minimum absolute atomic E-state index is 0.0283. The molecule has 1 aliphatic heterocycles. The SMILES string of the molecule is CCOC(=O)C1C(C)=NC(C)=C(C(=O)OCCOC)C1c1cccc([N+](=O)[O-])c1. The van der Waals surface area contributed by atoms with Gasteiger partial charge in [-0.2, -0.15) is 0 Å². The molecule has 2 rings (SSSR count). The number of ether oxygens (including phenoxy) is 3. The Kier molecular flexibility index (Phi) is 7.60. The summed E-state index contributed by atoms with van der Waals surface area (Å²) in [6.07, 6.45) is 0. The fraction of sp³-hybridized carbons (Fsp3) is 0.450. The first-order chi connectivity index (χ1) is 13.8. The Balaban J connectivity index is 2.58. The van der Waals surface area contributed by atoms with Crippen molar-refractivity contribution in [2.24, 2.45) is 10.9 Å². The zero-order chi connectivity index (χ0) is 21.6. The van der Waals surface area contributed by atoms with Crippen LogP contribution in [0.4, 0.5) is 5.69 Å². The second-order valence-corrected chi connectivity index (χ2v) is 6.44. The van der Waals surface area contributed by atoms with Crippen LogP contribution in [0, 0.1) is 16.0 Å². The van der Waals surface area contributed by atoms with Crippen LogP contribution in [-0.4, -0.2) is 49.5 Å². The van der Waals surface area contributed by atoms with Crippen molar-refractivity contribution in [1.82, 2.24) is 0 Å². The van der Waals surface area contributed by atoms with Gasteiger partial charge < -0.3 is 14.2 Å². The monoisotopic (exact) mass is 404 g/mol. The molecule has 9 heteroatoms. The number of aliphatic imine (C=N–C) groups is 1. The van der Waals surface area contributed by atoms with Gasteiger partial charge in [-0.1, -0.05) is 12.1 Å². The summed E-state index contributed by atoms with van der Waals surface area (Å²) in [7, 11) is 1.48. The lowest BCUT2D eigenvalue weighted by Crippen LogP contribution is -2.36. The van der Waals surface area contributed by atoms with Crippen molar-refractivity contribution >= 4 is 23.3 Å². The van der Waals surface area contributed by atoms with Gasteiger partial charge in [0.15, 0.2) is 0 Å². The number of esters is 2. The van der Waals surface area contributed by atoms with E-state index < -0.39 is 28.7 Å². The van der Waals surface area contributed by atoms with Crippen molar-refractivity contribution in [2.45, 2.75) is 26.7 Å². The van der Waals surface area contributed by atoms with Gasteiger partial charge in [0, 0.05) is 36.6 Å².